The van der Waals surface area contributed by atoms with E-state index in [1.54, 1.807) is 0 Å². The number of hydrogen-bond donors (Lipinski definition) is 2. The van der Waals surface area contributed by atoms with Crippen molar-refractivity contribution >= 4 is 11.7 Å². The number of rotatable bonds is 5. The first kappa shape index (κ1) is 19.3. The number of para-hydroxylation sites is 1. The summed E-state index contributed by atoms with van der Waals surface area (Å²) in [5, 5.41) is 11.3. The predicted molar refractivity (Wildman–Crippen MR) is 83.2 cm³/mol. The number of benzene rings is 1. The minimum absolute atomic E-state index is 0.0902. The van der Waals surface area contributed by atoms with Crippen molar-refractivity contribution in [2.24, 2.45) is 5.41 Å². The number of amides is 2. The molecule has 1 aromatic rings. The van der Waals surface area contributed by atoms with Crippen LogP contribution in [0.2, 0.25) is 0 Å². The zero-order valence-electron chi connectivity index (χ0n) is 13.6. The number of carbonyl (C=O) groups is 1. The summed E-state index contributed by atoms with van der Waals surface area (Å²) in [7, 11) is 0. The van der Waals surface area contributed by atoms with Gasteiger partial charge in [0.15, 0.2) is 0 Å². The highest BCUT2D eigenvalue weighted by atomic mass is 19.4. The summed E-state index contributed by atoms with van der Waals surface area (Å²) < 4.78 is 38.9. The number of hydrogen-bond acceptors (Lipinski definition) is 2. The van der Waals surface area contributed by atoms with Gasteiger partial charge >= 0.3 is 12.2 Å². The number of urea groups is 1. The molecular formula is C16H23F3N2O2. The molecule has 7 heteroatoms. The summed E-state index contributed by atoms with van der Waals surface area (Å²) in [4.78, 5) is 13.8. The molecule has 0 spiro atoms. The summed E-state index contributed by atoms with van der Waals surface area (Å²) in [5.74, 6) is 0. The molecule has 0 heterocycles. The molecule has 0 saturated carbocycles. The SMILES string of the molecule is CC(C)(C)CN(CCCO)C(=O)Nc1ccccc1C(F)(F)F. The fourth-order valence-corrected chi connectivity index (χ4v) is 2.12. The molecular weight excluding hydrogens is 309 g/mol. The van der Waals surface area contributed by atoms with Gasteiger partial charge in [-0.15, -0.1) is 0 Å². The number of nitrogens with zero attached hydrogens (tertiary/aromatic N) is 1. The molecule has 0 aromatic heterocycles. The van der Waals surface area contributed by atoms with Crippen molar-refractivity contribution in [2.75, 3.05) is 25.0 Å². The number of halogens is 3. The second kappa shape index (κ2) is 7.68. The van der Waals surface area contributed by atoms with Gasteiger partial charge < -0.3 is 15.3 Å². The van der Waals surface area contributed by atoms with Crippen LogP contribution in [0.3, 0.4) is 0 Å². The van der Waals surface area contributed by atoms with Crippen LogP contribution in [0.25, 0.3) is 0 Å². The second-order valence-electron chi connectivity index (χ2n) is 6.53. The van der Waals surface area contributed by atoms with Crippen molar-refractivity contribution in [3.8, 4) is 0 Å². The molecule has 0 unspecified atom stereocenters. The largest absolute Gasteiger partial charge is 0.418 e. The van der Waals surface area contributed by atoms with Gasteiger partial charge in [-0.1, -0.05) is 32.9 Å². The molecule has 0 radical (unpaired) electrons. The van der Waals surface area contributed by atoms with Gasteiger partial charge in [0, 0.05) is 19.7 Å². The molecule has 4 nitrogen and oxygen atoms in total. The van der Waals surface area contributed by atoms with E-state index in [2.05, 4.69) is 5.32 Å². The fraction of sp³-hybridized carbons (Fsp3) is 0.562. The number of nitrogens with one attached hydrogen (secondary N) is 1. The molecule has 0 aliphatic rings. The van der Waals surface area contributed by atoms with E-state index in [1.165, 1.54) is 23.1 Å². The molecule has 1 aromatic carbocycles. The number of alkyl halides is 3. The van der Waals surface area contributed by atoms with Gasteiger partial charge in [0.2, 0.25) is 0 Å². The predicted octanol–water partition coefficient (Wildman–Crippen LogP) is 3.97. The molecule has 23 heavy (non-hydrogen) atoms. The van der Waals surface area contributed by atoms with E-state index in [1.807, 2.05) is 20.8 Å². The Hall–Kier alpha value is -1.76. The van der Waals surface area contributed by atoms with Crippen molar-refractivity contribution in [3.05, 3.63) is 29.8 Å². The normalized spacial score (nSPS) is 12.1. The second-order valence-corrected chi connectivity index (χ2v) is 6.53. The van der Waals surface area contributed by atoms with Gasteiger partial charge in [-0.3, -0.25) is 0 Å². The summed E-state index contributed by atoms with van der Waals surface area (Å²) in [6.07, 6.45) is -4.17. The smallest absolute Gasteiger partial charge is 0.396 e. The number of aliphatic hydroxyl groups excluding tert-OH is 1. The Bertz CT molecular complexity index is 525. The summed E-state index contributed by atoms with van der Waals surface area (Å²) in [5.41, 5.74) is -1.37. The molecule has 0 fully saturated rings. The van der Waals surface area contributed by atoms with Gasteiger partial charge in [-0.05, 0) is 24.0 Å². The maximum Gasteiger partial charge on any atom is 0.418 e. The third kappa shape index (κ3) is 6.48. The van der Waals surface area contributed by atoms with Gasteiger partial charge in [-0.2, -0.15) is 13.2 Å². The minimum atomic E-state index is -4.54. The lowest BCUT2D eigenvalue weighted by atomic mass is 9.96. The maximum absolute atomic E-state index is 13.0. The number of anilines is 1. The molecule has 130 valence electrons. The molecule has 2 N–H and O–H groups in total. The van der Waals surface area contributed by atoms with Crippen LogP contribution >= 0.6 is 0 Å². The third-order valence-corrected chi connectivity index (χ3v) is 3.01. The number of carbonyl (C=O) groups excluding carboxylic acids is 1. The highest BCUT2D eigenvalue weighted by Crippen LogP contribution is 2.34. The third-order valence-electron chi connectivity index (χ3n) is 3.01. The van der Waals surface area contributed by atoms with E-state index >= 15 is 0 Å². The summed E-state index contributed by atoms with van der Waals surface area (Å²) in [6, 6.07) is 4.26. The van der Waals surface area contributed by atoms with Crippen LogP contribution in [-0.4, -0.2) is 35.7 Å². The standard InChI is InChI=1S/C16H23F3N2O2/c1-15(2,3)11-21(9-6-10-22)14(23)20-13-8-5-4-7-12(13)16(17,18)19/h4-5,7-8,22H,6,9-11H2,1-3H3,(H,20,23). The quantitative estimate of drug-likeness (QED) is 0.857. The Labute approximate surface area is 134 Å². The molecule has 0 aliphatic heterocycles. The van der Waals surface area contributed by atoms with Crippen LogP contribution in [0.4, 0.5) is 23.7 Å². The molecule has 2 amide bonds. The minimum Gasteiger partial charge on any atom is -0.396 e. The highest BCUT2D eigenvalue weighted by molar-refractivity contribution is 5.90. The van der Waals surface area contributed by atoms with Crippen LogP contribution in [-0.2, 0) is 6.18 Å². The Morgan fingerprint density at radius 1 is 1.22 bits per heavy atom. The van der Waals surface area contributed by atoms with Crippen LogP contribution in [0.15, 0.2) is 24.3 Å². The molecule has 1 rings (SSSR count). The topological polar surface area (TPSA) is 52.6 Å². The Morgan fingerprint density at radius 2 is 1.83 bits per heavy atom. The summed E-state index contributed by atoms with van der Waals surface area (Å²) >= 11 is 0. The van der Waals surface area contributed by atoms with Crippen molar-refractivity contribution < 1.29 is 23.1 Å². The van der Waals surface area contributed by atoms with E-state index in [0.29, 0.717) is 13.0 Å². The van der Waals surface area contributed by atoms with Crippen molar-refractivity contribution in [1.29, 1.82) is 0 Å². The Morgan fingerprint density at radius 3 is 2.35 bits per heavy atom. The summed E-state index contributed by atoms with van der Waals surface area (Å²) in [6.45, 7) is 6.33. The van der Waals surface area contributed by atoms with Crippen molar-refractivity contribution in [1.82, 2.24) is 4.90 Å². The highest BCUT2D eigenvalue weighted by Gasteiger charge is 2.34. The molecule has 0 aliphatic carbocycles. The lowest BCUT2D eigenvalue weighted by Gasteiger charge is -2.30. The van der Waals surface area contributed by atoms with Crippen molar-refractivity contribution in [2.45, 2.75) is 33.4 Å². The average molecular weight is 332 g/mol. The lowest BCUT2D eigenvalue weighted by Crippen LogP contribution is -2.41. The van der Waals surface area contributed by atoms with Gasteiger partial charge in [0.1, 0.15) is 0 Å². The first-order valence-corrected chi connectivity index (χ1v) is 7.37. The molecule has 0 saturated heterocycles. The van der Waals surface area contributed by atoms with Crippen LogP contribution in [0.5, 0.6) is 0 Å². The Kier molecular flexibility index (Phi) is 6.44. The Balaban J connectivity index is 2.94. The average Bonchev–Trinajstić information content (AvgIpc) is 2.41. The van der Waals surface area contributed by atoms with Gasteiger partial charge in [0.25, 0.3) is 0 Å². The maximum atomic E-state index is 13.0. The lowest BCUT2D eigenvalue weighted by molar-refractivity contribution is -0.136. The number of aliphatic hydroxyl groups is 1. The van der Waals surface area contributed by atoms with Crippen LogP contribution in [0.1, 0.15) is 32.8 Å². The van der Waals surface area contributed by atoms with E-state index in [0.717, 1.165) is 6.07 Å². The zero-order chi connectivity index (χ0) is 17.7. The van der Waals surface area contributed by atoms with E-state index in [9.17, 15) is 18.0 Å². The molecule has 0 atom stereocenters. The monoisotopic (exact) mass is 332 g/mol. The van der Waals surface area contributed by atoms with E-state index < -0.39 is 17.8 Å². The van der Waals surface area contributed by atoms with Crippen LogP contribution < -0.4 is 5.32 Å². The van der Waals surface area contributed by atoms with Gasteiger partial charge in [-0.25, -0.2) is 4.79 Å². The van der Waals surface area contributed by atoms with Gasteiger partial charge in [0.05, 0.1) is 11.3 Å². The zero-order valence-corrected chi connectivity index (χ0v) is 13.6. The van der Waals surface area contributed by atoms with Crippen molar-refractivity contribution in [3.63, 3.8) is 0 Å². The molecule has 0 bridgehead atoms. The fourth-order valence-electron chi connectivity index (χ4n) is 2.12. The van der Waals surface area contributed by atoms with Crippen LogP contribution in [0, 0.1) is 5.41 Å². The first-order valence-electron chi connectivity index (χ1n) is 7.37. The van der Waals surface area contributed by atoms with E-state index in [4.69, 9.17) is 5.11 Å². The van der Waals surface area contributed by atoms with E-state index in [-0.39, 0.29) is 24.3 Å². The first-order chi connectivity index (χ1) is 10.5.